The topological polar surface area (TPSA) is 41.1 Å². The molecule has 2 rings (SSSR count). The molecule has 0 bridgehead atoms. The van der Waals surface area contributed by atoms with Crippen LogP contribution in [0.3, 0.4) is 0 Å². The monoisotopic (exact) mass is 252 g/mol. The molecule has 0 aliphatic heterocycles. The molecule has 1 aliphatic rings. The molecule has 1 aliphatic carbocycles. The van der Waals surface area contributed by atoms with E-state index in [4.69, 9.17) is 11.6 Å². The highest BCUT2D eigenvalue weighted by Gasteiger charge is 2.21. The molecule has 4 heteroatoms. The molecule has 92 valence electrons. The fourth-order valence-corrected chi connectivity index (χ4v) is 1.86. The molecule has 2 N–H and O–H groups in total. The summed E-state index contributed by atoms with van der Waals surface area (Å²) in [5.74, 6) is 0.697. The first-order valence-corrected chi connectivity index (χ1v) is 6.33. The summed E-state index contributed by atoms with van der Waals surface area (Å²) < 4.78 is 0. The molecule has 0 spiro atoms. The maximum absolute atomic E-state index is 11.6. The second kappa shape index (κ2) is 5.41. The second-order valence-electron chi connectivity index (χ2n) is 4.57. The summed E-state index contributed by atoms with van der Waals surface area (Å²) in [5, 5.41) is 6.46. The van der Waals surface area contributed by atoms with Crippen molar-refractivity contribution in [2.75, 3.05) is 6.54 Å². The van der Waals surface area contributed by atoms with E-state index in [9.17, 15) is 4.79 Å². The van der Waals surface area contributed by atoms with E-state index >= 15 is 0 Å². The average Bonchev–Trinajstić information content (AvgIpc) is 3.10. The number of nitrogens with one attached hydrogen (secondary N) is 2. The van der Waals surface area contributed by atoms with Crippen molar-refractivity contribution in [2.24, 2.45) is 5.92 Å². The van der Waals surface area contributed by atoms with Gasteiger partial charge in [0.25, 0.3) is 0 Å². The van der Waals surface area contributed by atoms with Crippen molar-refractivity contribution in [3.05, 3.63) is 34.9 Å². The van der Waals surface area contributed by atoms with Crippen LogP contribution in [-0.4, -0.2) is 12.6 Å². The van der Waals surface area contributed by atoms with Gasteiger partial charge in [0, 0.05) is 11.6 Å². The lowest BCUT2D eigenvalue weighted by molar-refractivity contribution is 0.237. The Morgan fingerprint density at radius 2 is 2.29 bits per heavy atom. The van der Waals surface area contributed by atoms with E-state index < -0.39 is 0 Å². The Bertz CT molecular complexity index is 404. The van der Waals surface area contributed by atoms with Gasteiger partial charge in [-0.3, -0.25) is 0 Å². The molecular formula is C13H17ClN2O. The molecule has 0 unspecified atom stereocenters. The molecule has 3 nitrogen and oxygen atoms in total. The van der Waals surface area contributed by atoms with E-state index in [1.807, 2.05) is 31.2 Å². The highest BCUT2D eigenvalue weighted by Crippen LogP contribution is 2.27. The van der Waals surface area contributed by atoms with E-state index in [-0.39, 0.29) is 12.1 Å². The molecule has 0 heterocycles. The Balaban J connectivity index is 1.82. The van der Waals surface area contributed by atoms with Gasteiger partial charge >= 0.3 is 6.03 Å². The van der Waals surface area contributed by atoms with Crippen LogP contribution in [0.25, 0.3) is 0 Å². The molecular weight excluding hydrogens is 236 g/mol. The molecule has 1 fully saturated rings. The number of carbonyl (C=O) groups is 1. The molecule has 17 heavy (non-hydrogen) atoms. The van der Waals surface area contributed by atoms with Gasteiger partial charge in [-0.05, 0) is 43.4 Å². The second-order valence-corrected chi connectivity index (χ2v) is 5.01. The number of carbonyl (C=O) groups excluding carboxylic acids is 1. The van der Waals surface area contributed by atoms with E-state index in [1.54, 1.807) is 0 Å². The molecule has 0 saturated heterocycles. The number of halogens is 1. The first-order chi connectivity index (χ1) is 8.15. The molecule has 0 aromatic heterocycles. The number of hydrogen-bond acceptors (Lipinski definition) is 1. The van der Waals surface area contributed by atoms with Crippen LogP contribution < -0.4 is 10.6 Å². The van der Waals surface area contributed by atoms with Crippen LogP contribution >= 0.6 is 11.6 Å². The molecule has 1 saturated carbocycles. The van der Waals surface area contributed by atoms with Crippen LogP contribution in [0.2, 0.25) is 5.02 Å². The molecule has 2 amide bonds. The van der Waals surface area contributed by atoms with Crippen molar-refractivity contribution < 1.29 is 4.79 Å². The Morgan fingerprint density at radius 3 is 2.94 bits per heavy atom. The number of urea groups is 1. The van der Waals surface area contributed by atoms with Gasteiger partial charge in [-0.25, -0.2) is 4.79 Å². The number of hydrogen-bond donors (Lipinski definition) is 2. The maximum Gasteiger partial charge on any atom is 0.315 e. The van der Waals surface area contributed by atoms with Gasteiger partial charge < -0.3 is 10.6 Å². The number of rotatable bonds is 4. The minimum Gasteiger partial charge on any atom is -0.338 e. The zero-order valence-electron chi connectivity index (χ0n) is 9.87. The third-order valence-electron chi connectivity index (χ3n) is 2.94. The maximum atomic E-state index is 11.6. The van der Waals surface area contributed by atoms with Gasteiger partial charge in [0.1, 0.15) is 0 Å². The van der Waals surface area contributed by atoms with Crippen LogP contribution in [0.4, 0.5) is 4.79 Å². The quantitative estimate of drug-likeness (QED) is 0.849. The number of benzene rings is 1. The van der Waals surface area contributed by atoms with Crippen LogP contribution in [0.15, 0.2) is 24.3 Å². The summed E-state index contributed by atoms with van der Waals surface area (Å²) in [6.45, 7) is 2.73. The lowest BCUT2D eigenvalue weighted by Gasteiger charge is -2.15. The molecule has 1 atom stereocenters. The van der Waals surface area contributed by atoms with Crippen LogP contribution in [0.5, 0.6) is 0 Å². The Kier molecular flexibility index (Phi) is 3.89. The van der Waals surface area contributed by atoms with E-state index in [2.05, 4.69) is 10.6 Å². The SMILES string of the molecule is C[C@H](NC(=O)NCC1CC1)c1cccc(Cl)c1. The first kappa shape index (κ1) is 12.2. The number of amides is 2. The van der Waals surface area contributed by atoms with Gasteiger partial charge in [0.2, 0.25) is 0 Å². The molecule has 1 aromatic carbocycles. The summed E-state index contributed by atoms with van der Waals surface area (Å²) in [5.41, 5.74) is 1.01. The minimum absolute atomic E-state index is 0.0343. The lowest BCUT2D eigenvalue weighted by atomic mass is 10.1. The summed E-state index contributed by atoms with van der Waals surface area (Å²) in [6.07, 6.45) is 2.48. The Labute approximate surface area is 107 Å². The highest BCUT2D eigenvalue weighted by atomic mass is 35.5. The fourth-order valence-electron chi connectivity index (χ4n) is 1.67. The zero-order valence-corrected chi connectivity index (χ0v) is 10.6. The zero-order chi connectivity index (χ0) is 12.3. The Morgan fingerprint density at radius 1 is 1.53 bits per heavy atom. The first-order valence-electron chi connectivity index (χ1n) is 5.95. The van der Waals surface area contributed by atoms with Gasteiger partial charge in [0.15, 0.2) is 0 Å². The highest BCUT2D eigenvalue weighted by molar-refractivity contribution is 6.30. The normalized spacial score (nSPS) is 16.4. The summed E-state index contributed by atoms with van der Waals surface area (Å²) in [4.78, 5) is 11.6. The van der Waals surface area contributed by atoms with Gasteiger partial charge in [-0.1, -0.05) is 23.7 Å². The van der Waals surface area contributed by atoms with Crippen molar-refractivity contribution >= 4 is 17.6 Å². The fraction of sp³-hybridized carbons (Fsp3) is 0.462. The van der Waals surface area contributed by atoms with E-state index in [1.165, 1.54) is 12.8 Å². The van der Waals surface area contributed by atoms with Crippen molar-refractivity contribution in [1.29, 1.82) is 0 Å². The third-order valence-corrected chi connectivity index (χ3v) is 3.18. The van der Waals surface area contributed by atoms with Crippen LogP contribution in [-0.2, 0) is 0 Å². The van der Waals surface area contributed by atoms with Crippen molar-refractivity contribution in [1.82, 2.24) is 10.6 Å². The molecule has 0 radical (unpaired) electrons. The van der Waals surface area contributed by atoms with Crippen molar-refractivity contribution in [3.63, 3.8) is 0 Å². The summed E-state index contributed by atoms with van der Waals surface area (Å²) >= 11 is 5.91. The van der Waals surface area contributed by atoms with Crippen LogP contribution in [0.1, 0.15) is 31.4 Å². The van der Waals surface area contributed by atoms with Gasteiger partial charge in [-0.2, -0.15) is 0 Å². The summed E-state index contributed by atoms with van der Waals surface area (Å²) in [7, 11) is 0. The van der Waals surface area contributed by atoms with Gasteiger partial charge in [-0.15, -0.1) is 0 Å². The minimum atomic E-state index is -0.107. The smallest absolute Gasteiger partial charge is 0.315 e. The lowest BCUT2D eigenvalue weighted by Crippen LogP contribution is -2.38. The average molecular weight is 253 g/mol. The predicted molar refractivity (Wildman–Crippen MR) is 69.1 cm³/mol. The third kappa shape index (κ3) is 3.93. The van der Waals surface area contributed by atoms with E-state index in [0.29, 0.717) is 10.9 Å². The van der Waals surface area contributed by atoms with E-state index in [0.717, 1.165) is 12.1 Å². The molecule has 1 aromatic rings. The van der Waals surface area contributed by atoms with Crippen molar-refractivity contribution in [3.8, 4) is 0 Å². The standard InChI is InChI=1S/C13H17ClN2O/c1-9(11-3-2-4-12(14)7-11)16-13(17)15-8-10-5-6-10/h2-4,7,9-10H,5-6,8H2,1H3,(H2,15,16,17)/t9-/m0/s1. The van der Waals surface area contributed by atoms with Crippen LogP contribution in [0, 0.1) is 5.92 Å². The summed E-state index contributed by atoms with van der Waals surface area (Å²) in [6, 6.07) is 7.39. The Hall–Kier alpha value is -1.22. The van der Waals surface area contributed by atoms with Crippen molar-refractivity contribution in [2.45, 2.75) is 25.8 Å². The van der Waals surface area contributed by atoms with Gasteiger partial charge in [0.05, 0.1) is 6.04 Å². The predicted octanol–water partition coefficient (Wildman–Crippen LogP) is 3.11. The largest absolute Gasteiger partial charge is 0.338 e.